The maximum atomic E-state index is 14.1. The van der Waals surface area contributed by atoms with Gasteiger partial charge in [0.2, 0.25) is 5.60 Å². The van der Waals surface area contributed by atoms with Gasteiger partial charge in [0.25, 0.3) is 0 Å². The molecule has 0 unspecified atom stereocenters. The van der Waals surface area contributed by atoms with Crippen LogP contribution in [0.15, 0.2) is 48.8 Å². The Bertz CT molecular complexity index is 1620. The summed E-state index contributed by atoms with van der Waals surface area (Å²) >= 11 is 0. The van der Waals surface area contributed by atoms with Crippen molar-refractivity contribution in [2.45, 2.75) is 77.1 Å². The van der Waals surface area contributed by atoms with Crippen molar-refractivity contribution in [3.8, 4) is 11.8 Å². The van der Waals surface area contributed by atoms with Gasteiger partial charge in [0.1, 0.15) is 41.4 Å². The molecule has 6 atom stereocenters. The molecule has 45 heavy (non-hydrogen) atoms. The lowest BCUT2D eigenvalue weighted by atomic mass is 9.80. The minimum absolute atomic E-state index is 0.0686. The molecule has 0 amide bonds. The van der Waals surface area contributed by atoms with Crippen LogP contribution >= 0.6 is 7.75 Å². The van der Waals surface area contributed by atoms with Gasteiger partial charge in [-0.25, -0.2) is 14.1 Å². The highest BCUT2D eigenvalue weighted by Crippen LogP contribution is 2.51. The summed E-state index contributed by atoms with van der Waals surface area (Å²) in [5, 5.41) is 29.3. The van der Waals surface area contributed by atoms with E-state index in [0.717, 1.165) is 0 Å². The summed E-state index contributed by atoms with van der Waals surface area (Å²) in [5.41, 5.74) is 1.99. The molecule has 0 aliphatic carbocycles. The molecule has 3 aromatic rings. The number of carbonyl (C=O) groups is 2. The summed E-state index contributed by atoms with van der Waals surface area (Å²) in [6, 6.07) is 12.0. The predicted molar refractivity (Wildman–Crippen MR) is 159 cm³/mol. The number of benzene rings is 1. The number of nitrogens with one attached hydrogen (secondary N) is 1. The van der Waals surface area contributed by atoms with Crippen molar-refractivity contribution in [3.63, 3.8) is 0 Å². The van der Waals surface area contributed by atoms with Crippen molar-refractivity contribution in [2.75, 3.05) is 12.3 Å². The summed E-state index contributed by atoms with van der Waals surface area (Å²) in [7, 11) is -4.40. The number of hydrogen-bond donors (Lipinski definition) is 3. The Labute approximate surface area is 260 Å². The SMILES string of the molecule is CC(C)OC(=O)[C@H](C)N[P@@](=O)(OC[C@H]1O[C@@](C#N)(c2ccc3c(N)ncnn23)[C@](C)(O)[C@@H]1OC(=O)C(C)C)Oc1ccccc1. The van der Waals surface area contributed by atoms with Gasteiger partial charge in [-0.05, 0) is 52.0 Å². The van der Waals surface area contributed by atoms with Crippen LogP contribution in [0.1, 0.15) is 47.2 Å². The lowest BCUT2D eigenvalue weighted by molar-refractivity contribution is -0.168. The Morgan fingerprint density at radius 3 is 2.49 bits per heavy atom. The molecule has 0 saturated carbocycles. The standard InChI is InChI=1S/C29H37N6O9P/c1-17(2)26(36)42-24-22(43-29(15-30,28(24,6)38)23-13-12-21-25(31)32-16-33-35(21)23)14-40-45(39,44-20-10-8-7-9-11-20)34-19(5)27(37)41-18(3)4/h7-13,16-19,22,24,38H,14H2,1-6H3,(H,34,39)(H2,31,32,33)/t19-,22+,24+,28+,29-,45+/m0/s1. The average Bonchev–Trinajstić information content (AvgIpc) is 3.50. The number of rotatable bonds is 12. The van der Waals surface area contributed by atoms with Crippen molar-refractivity contribution in [2.24, 2.45) is 5.92 Å². The van der Waals surface area contributed by atoms with Crippen molar-refractivity contribution in [1.82, 2.24) is 19.7 Å². The lowest BCUT2D eigenvalue weighted by Gasteiger charge is -2.34. The van der Waals surface area contributed by atoms with Gasteiger partial charge in [-0.2, -0.15) is 15.4 Å². The average molecular weight is 645 g/mol. The summed E-state index contributed by atoms with van der Waals surface area (Å²) in [5.74, 6) is -1.74. The zero-order valence-electron chi connectivity index (χ0n) is 25.7. The van der Waals surface area contributed by atoms with Crippen LogP contribution in [0.3, 0.4) is 0 Å². The molecule has 16 heteroatoms. The summed E-state index contributed by atoms with van der Waals surface area (Å²) in [4.78, 5) is 29.3. The van der Waals surface area contributed by atoms with E-state index >= 15 is 0 Å². The van der Waals surface area contributed by atoms with Crippen molar-refractivity contribution in [1.29, 1.82) is 5.26 Å². The highest BCUT2D eigenvalue weighted by molar-refractivity contribution is 7.52. The van der Waals surface area contributed by atoms with Gasteiger partial charge in [0.15, 0.2) is 11.9 Å². The molecule has 3 heterocycles. The van der Waals surface area contributed by atoms with E-state index in [1.54, 1.807) is 52.0 Å². The van der Waals surface area contributed by atoms with Crippen molar-refractivity contribution < 1.29 is 42.5 Å². The van der Waals surface area contributed by atoms with Crippen LogP contribution < -0.4 is 15.3 Å². The first-order chi connectivity index (χ1) is 21.1. The molecule has 242 valence electrons. The van der Waals surface area contributed by atoms with Gasteiger partial charge in [0, 0.05) is 0 Å². The van der Waals surface area contributed by atoms with Gasteiger partial charge >= 0.3 is 19.7 Å². The molecular weight excluding hydrogens is 607 g/mol. The molecule has 1 aromatic carbocycles. The summed E-state index contributed by atoms with van der Waals surface area (Å²) < 4.78 is 44.0. The molecule has 1 fully saturated rings. The molecule has 0 radical (unpaired) electrons. The first-order valence-corrected chi connectivity index (χ1v) is 15.8. The zero-order valence-corrected chi connectivity index (χ0v) is 26.6. The maximum Gasteiger partial charge on any atom is 0.459 e. The Balaban J connectivity index is 1.72. The Kier molecular flexibility index (Phi) is 9.86. The molecule has 1 aliphatic heterocycles. The quantitative estimate of drug-likeness (QED) is 0.191. The number of anilines is 1. The number of nitrogens with two attached hydrogens (primary N) is 1. The van der Waals surface area contributed by atoms with Crippen molar-refractivity contribution in [3.05, 3.63) is 54.5 Å². The number of ether oxygens (including phenoxy) is 3. The Morgan fingerprint density at radius 2 is 1.87 bits per heavy atom. The third-order valence-corrected chi connectivity index (χ3v) is 8.73. The van der Waals surface area contributed by atoms with Crippen LogP contribution in [0, 0.1) is 17.2 Å². The van der Waals surface area contributed by atoms with E-state index in [2.05, 4.69) is 15.2 Å². The lowest BCUT2D eigenvalue weighted by Crippen LogP contribution is -2.54. The number of esters is 2. The monoisotopic (exact) mass is 644 g/mol. The fourth-order valence-corrected chi connectivity index (χ4v) is 6.29. The summed E-state index contributed by atoms with van der Waals surface area (Å²) in [6.45, 7) is 8.60. The van der Waals surface area contributed by atoms with E-state index in [1.165, 1.54) is 42.9 Å². The van der Waals surface area contributed by atoms with Crippen LogP contribution in [-0.2, 0) is 38.5 Å². The van der Waals surface area contributed by atoms with Crippen LogP contribution in [0.2, 0.25) is 0 Å². The molecule has 0 spiro atoms. The molecule has 4 N–H and O–H groups in total. The molecule has 0 bridgehead atoms. The fourth-order valence-electron chi connectivity index (χ4n) is 4.79. The number of nitriles is 1. The second-order valence-corrected chi connectivity index (χ2v) is 13.0. The Hall–Kier alpha value is -4.06. The van der Waals surface area contributed by atoms with Crippen LogP contribution in [0.5, 0.6) is 5.75 Å². The number of aliphatic hydroxyl groups is 1. The molecular formula is C29H37N6O9P. The second-order valence-electron chi connectivity index (χ2n) is 11.3. The highest BCUT2D eigenvalue weighted by Gasteiger charge is 2.67. The van der Waals surface area contributed by atoms with Crippen LogP contribution in [0.25, 0.3) is 5.52 Å². The normalized spacial score (nSPS) is 25.1. The first-order valence-electron chi connectivity index (χ1n) is 14.2. The van der Waals surface area contributed by atoms with Gasteiger partial charge in [-0.15, -0.1) is 0 Å². The van der Waals surface area contributed by atoms with Gasteiger partial charge in [-0.3, -0.25) is 14.1 Å². The number of carbonyl (C=O) groups excluding carboxylic acids is 2. The smallest absolute Gasteiger partial charge is 0.459 e. The van der Waals surface area contributed by atoms with E-state index in [0.29, 0.717) is 5.52 Å². The van der Waals surface area contributed by atoms with E-state index in [-0.39, 0.29) is 17.3 Å². The van der Waals surface area contributed by atoms with Gasteiger partial charge in [-0.1, -0.05) is 32.0 Å². The summed E-state index contributed by atoms with van der Waals surface area (Å²) in [6.07, 6.45) is -2.15. The molecule has 1 saturated heterocycles. The number of aromatic nitrogens is 3. The topological polar surface area (TPSA) is 210 Å². The largest absolute Gasteiger partial charge is 0.462 e. The number of nitrogen functional groups attached to an aromatic ring is 1. The van der Waals surface area contributed by atoms with Crippen molar-refractivity contribution >= 4 is 31.0 Å². The van der Waals surface area contributed by atoms with Gasteiger partial charge < -0.3 is 29.6 Å². The fraction of sp³-hybridized carbons (Fsp3) is 0.483. The number of para-hydroxylation sites is 1. The van der Waals surface area contributed by atoms with E-state index in [9.17, 15) is 24.5 Å². The van der Waals surface area contributed by atoms with Gasteiger partial charge in [0.05, 0.1) is 24.3 Å². The molecule has 15 nitrogen and oxygen atoms in total. The minimum Gasteiger partial charge on any atom is -0.462 e. The van der Waals surface area contributed by atoms with E-state index in [4.69, 9.17) is 29.0 Å². The molecule has 2 aromatic heterocycles. The van der Waals surface area contributed by atoms with E-state index in [1.807, 2.05) is 6.07 Å². The van der Waals surface area contributed by atoms with Crippen LogP contribution in [0.4, 0.5) is 5.82 Å². The molecule has 4 rings (SSSR count). The number of nitrogens with zero attached hydrogens (tertiary/aromatic N) is 4. The Morgan fingerprint density at radius 1 is 1.18 bits per heavy atom. The molecule has 1 aliphatic rings. The number of hydrogen-bond acceptors (Lipinski definition) is 13. The maximum absolute atomic E-state index is 14.1. The minimum atomic E-state index is -4.40. The third kappa shape index (κ3) is 6.80. The van der Waals surface area contributed by atoms with E-state index < -0.39 is 67.8 Å². The third-order valence-electron chi connectivity index (χ3n) is 7.08. The predicted octanol–water partition coefficient (Wildman–Crippen LogP) is 2.88. The second kappa shape index (κ2) is 13.1. The van der Waals surface area contributed by atoms with Crippen LogP contribution in [-0.4, -0.2) is 68.2 Å². The highest BCUT2D eigenvalue weighted by atomic mass is 31.2. The first kappa shape index (κ1) is 33.8. The zero-order chi connectivity index (χ0) is 33.2. The number of fused-ring (bicyclic) bond motifs is 1.